The van der Waals surface area contributed by atoms with Gasteiger partial charge in [-0.15, -0.1) is 0 Å². The highest BCUT2D eigenvalue weighted by Gasteiger charge is 1.94. The molecule has 1 rings (SSSR count). The van der Waals surface area contributed by atoms with Crippen molar-refractivity contribution in [1.29, 1.82) is 0 Å². The summed E-state index contributed by atoms with van der Waals surface area (Å²) in [4.78, 5) is 0. The highest BCUT2D eigenvalue weighted by Crippen LogP contribution is 2.14. The van der Waals surface area contributed by atoms with Gasteiger partial charge in [0.1, 0.15) is 0 Å². The number of rotatable bonds is 2. The standard InChI is InChI=1S/C12H13BrO/c1-10-9-12(13)7-6-11(10)5-3-2-4-8-14/h6-7,9,14H,2,4,8H2,1H3. The topological polar surface area (TPSA) is 20.2 Å². The lowest BCUT2D eigenvalue weighted by molar-refractivity contribution is 0.290. The van der Waals surface area contributed by atoms with Crippen LogP contribution < -0.4 is 0 Å². The Labute approximate surface area is 93.3 Å². The second-order valence-corrected chi connectivity index (χ2v) is 4.00. The fraction of sp³-hybridized carbons (Fsp3) is 0.333. The highest BCUT2D eigenvalue weighted by molar-refractivity contribution is 9.10. The largest absolute Gasteiger partial charge is 0.396 e. The van der Waals surface area contributed by atoms with E-state index in [0.717, 1.165) is 22.9 Å². The number of hydrogen-bond acceptors (Lipinski definition) is 1. The zero-order valence-corrected chi connectivity index (χ0v) is 9.76. The third kappa shape index (κ3) is 3.53. The summed E-state index contributed by atoms with van der Waals surface area (Å²) < 4.78 is 1.08. The Hall–Kier alpha value is -0.780. The van der Waals surface area contributed by atoms with Crippen molar-refractivity contribution in [3.8, 4) is 11.8 Å². The van der Waals surface area contributed by atoms with Crippen LogP contribution in [0.5, 0.6) is 0 Å². The maximum absolute atomic E-state index is 8.58. The summed E-state index contributed by atoms with van der Waals surface area (Å²) in [5.41, 5.74) is 2.24. The Morgan fingerprint density at radius 2 is 2.21 bits per heavy atom. The number of unbranched alkanes of at least 4 members (excludes halogenated alkanes) is 1. The summed E-state index contributed by atoms with van der Waals surface area (Å²) in [5.74, 6) is 6.13. The summed E-state index contributed by atoms with van der Waals surface area (Å²) in [6, 6.07) is 6.05. The molecule has 1 N–H and O–H groups in total. The molecule has 14 heavy (non-hydrogen) atoms. The average Bonchev–Trinajstić information content (AvgIpc) is 2.15. The summed E-state index contributed by atoms with van der Waals surface area (Å²) >= 11 is 3.41. The number of hydrogen-bond donors (Lipinski definition) is 1. The fourth-order valence-electron chi connectivity index (χ4n) is 1.09. The summed E-state index contributed by atoms with van der Waals surface area (Å²) in [6.07, 6.45) is 1.51. The fourth-order valence-corrected chi connectivity index (χ4v) is 1.57. The zero-order valence-electron chi connectivity index (χ0n) is 8.18. The van der Waals surface area contributed by atoms with Crippen molar-refractivity contribution in [1.82, 2.24) is 0 Å². The van der Waals surface area contributed by atoms with Gasteiger partial charge in [0.05, 0.1) is 0 Å². The van der Waals surface area contributed by atoms with Crippen molar-refractivity contribution >= 4 is 15.9 Å². The Balaban J connectivity index is 2.70. The van der Waals surface area contributed by atoms with Crippen molar-refractivity contribution in [2.75, 3.05) is 6.61 Å². The number of aryl methyl sites for hydroxylation is 1. The zero-order chi connectivity index (χ0) is 10.4. The average molecular weight is 253 g/mol. The lowest BCUT2D eigenvalue weighted by atomic mass is 10.1. The van der Waals surface area contributed by atoms with Crippen LogP contribution in [-0.2, 0) is 0 Å². The molecule has 1 aromatic rings. The van der Waals surface area contributed by atoms with E-state index < -0.39 is 0 Å². The summed E-state index contributed by atoms with van der Waals surface area (Å²) in [7, 11) is 0. The van der Waals surface area contributed by atoms with Gasteiger partial charge in [0.15, 0.2) is 0 Å². The van der Waals surface area contributed by atoms with E-state index in [1.165, 1.54) is 5.56 Å². The van der Waals surface area contributed by atoms with E-state index in [2.05, 4.69) is 33.8 Å². The van der Waals surface area contributed by atoms with Gasteiger partial charge in [-0.25, -0.2) is 0 Å². The van der Waals surface area contributed by atoms with Crippen molar-refractivity contribution in [2.45, 2.75) is 19.8 Å². The maximum atomic E-state index is 8.58. The maximum Gasteiger partial charge on any atom is 0.0440 e. The van der Waals surface area contributed by atoms with Gasteiger partial charge in [0, 0.05) is 23.1 Å². The van der Waals surface area contributed by atoms with Gasteiger partial charge >= 0.3 is 0 Å². The second-order valence-electron chi connectivity index (χ2n) is 3.09. The molecular weight excluding hydrogens is 240 g/mol. The first-order valence-electron chi connectivity index (χ1n) is 4.60. The second kappa shape index (κ2) is 5.85. The van der Waals surface area contributed by atoms with Gasteiger partial charge in [-0.1, -0.05) is 27.8 Å². The number of benzene rings is 1. The van der Waals surface area contributed by atoms with Crippen molar-refractivity contribution in [3.63, 3.8) is 0 Å². The van der Waals surface area contributed by atoms with Gasteiger partial charge in [-0.3, -0.25) is 0 Å². The van der Waals surface area contributed by atoms with E-state index in [4.69, 9.17) is 5.11 Å². The molecule has 1 nitrogen and oxygen atoms in total. The number of aliphatic hydroxyl groups is 1. The third-order valence-corrected chi connectivity index (χ3v) is 2.36. The molecule has 0 bridgehead atoms. The van der Waals surface area contributed by atoms with Gasteiger partial charge in [0.25, 0.3) is 0 Å². The van der Waals surface area contributed by atoms with E-state index in [9.17, 15) is 0 Å². The van der Waals surface area contributed by atoms with Crippen LogP contribution in [-0.4, -0.2) is 11.7 Å². The first-order chi connectivity index (χ1) is 6.74. The lowest BCUT2D eigenvalue weighted by Gasteiger charge is -1.97. The van der Waals surface area contributed by atoms with Crippen LogP contribution in [0.1, 0.15) is 24.0 Å². The van der Waals surface area contributed by atoms with Crippen molar-refractivity contribution in [3.05, 3.63) is 33.8 Å². The minimum atomic E-state index is 0.216. The summed E-state index contributed by atoms with van der Waals surface area (Å²) in [6.45, 7) is 2.26. The minimum Gasteiger partial charge on any atom is -0.396 e. The molecule has 0 radical (unpaired) electrons. The predicted molar refractivity (Wildman–Crippen MR) is 62.1 cm³/mol. The number of halogens is 1. The van der Waals surface area contributed by atoms with E-state index in [1.54, 1.807) is 0 Å². The predicted octanol–water partition coefficient (Wildman–Crippen LogP) is 2.88. The van der Waals surface area contributed by atoms with Crippen LogP contribution >= 0.6 is 15.9 Å². The van der Waals surface area contributed by atoms with Crippen LogP contribution in [0.15, 0.2) is 22.7 Å². The van der Waals surface area contributed by atoms with Crippen molar-refractivity contribution in [2.24, 2.45) is 0 Å². The molecule has 0 aliphatic carbocycles. The van der Waals surface area contributed by atoms with Crippen LogP contribution in [0.25, 0.3) is 0 Å². The van der Waals surface area contributed by atoms with E-state index in [0.29, 0.717) is 0 Å². The normalized spacial score (nSPS) is 9.36. The molecule has 0 aromatic heterocycles. The third-order valence-electron chi connectivity index (χ3n) is 1.87. The smallest absolute Gasteiger partial charge is 0.0440 e. The number of aliphatic hydroxyl groups excluding tert-OH is 1. The summed E-state index contributed by atoms with van der Waals surface area (Å²) in [5, 5.41) is 8.58. The molecule has 0 fully saturated rings. The van der Waals surface area contributed by atoms with Crippen LogP contribution in [0, 0.1) is 18.8 Å². The molecule has 0 aliphatic heterocycles. The molecule has 0 saturated carbocycles. The van der Waals surface area contributed by atoms with E-state index in [-0.39, 0.29) is 6.61 Å². The van der Waals surface area contributed by atoms with E-state index in [1.807, 2.05) is 19.1 Å². The molecule has 74 valence electrons. The van der Waals surface area contributed by atoms with E-state index >= 15 is 0 Å². The Bertz CT molecular complexity index is 360. The van der Waals surface area contributed by atoms with Crippen LogP contribution in [0.4, 0.5) is 0 Å². The first kappa shape index (κ1) is 11.3. The first-order valence-corrected chi connectivity index (χ1v) is 5.39. The van der Waals surface area contributed by atoms with Gasteiger partial charge in [0.2, 0.25) is 0 Å². The Morgan fingerprint density at radius 1 is 1.43 bits per heavy atom. The highest BCUT2D eigenvalue weighted by atomic mass is 79.9. The molecule has 0 unspecified atom stereocenters. The molecule has 1 aromatic carbocycles. The van der Waals surface area contributed by atoms with Gasteiger partial charge < -0.3 is 5.11 Å². The molecule has 0 spiro atoms. The lowest BCUT2D eigenvalue weighted by Crippen LogP contribution is -1.82. The molecule has 0 saturated heterocycles. The van der Waals surface area contributed by atoms with Gasteiger partial charge in [-0.2, -0.15) is 0 Å². The van der Waals surface area contributed by atoms with Crippen molar-refractivity contribution < 1.29 is 5.11 Å². The SMILES string of the molecule is Cc1cc(Br)ccc1C#CCCCO. The van der Waals surface area contributed by atoms with Crippen LogP contribution in [0.3, 0.4) is 0 Å². The molecule has 2 heteroatoms. The monoisotopic (exact) mass is 252 g/mol. The van der Waals surface area contributed by atoms with Gasteiger partial charge in [-0.05, 0) is 37.1 Å². The molecule has 0 heterocycles. The molecule has 0 atom stereocenters. The Kier molecular flexibility index (Phi) is 4.72. The molecule has 0 aliphatic rings. The molecular formula is C12H13BrO. The Morgan fingerprint density at radius 3 is 2.86 bits per heavy atom. The quantitative estimate of drug-likeness (QED) is 0.634. The minimum absolute atomic E-state index is 0.216. The van der Waals surface area contributed by atoms with Crippen LogP contribution in [0.2, 0.25) is 0 Å². The molecule has 0 amide bonds.